The molecular formula is C15H14FN3. The molecule has 0 radical (unpaired) electrons. The van der Waals surface area contributed by atoms with E-state index in [0.29, 0.717) is 11.5 Å². The molecule has 2 heterocycles. The Bertz CT molecular complexity index is 774. The van der Waals surface area contributed by atoms with Gasteiger partial charge in [-0.15, -0.1) is 0 Å². The number of nitrogen functional groups attached to an aromatic ring is 1. The summed E-state index contributed by atoms with van der Waals surface area (Å²) < 4.78 is 15.3. The summed E-state index contributed by atoms with van der Waals surface area (Å²) in [4.78, 5) is 4.34. The van der Waals surface area contributed by atoms with Crippen LogP contribution in [0.15, 0.2) is 36.5 Å². The second-order valence-corrected chi connectivity index (χ2v) is 4.71. The first-order valence-corrected chi connectivity index (χ1v) is 6.07. The highest BCUT2D eigenvalue weighted by atomic mass is 19.1. The summed E-state index contributed by atoms with van der Waals surface area (Å²) in [7, 11) is 0. The monoisotopic (exact) mass is 255 g/mol. The van der Waals surface area contributed by atoms with Crippen LogP contribution in [-0.4, -0.2) is 9.38 Å². The molecule has 96 valence electrons. The van der Waals surface area contributed by atoms with Crippen molar-refractivity contribution < 1.29 is 4.39 Å². The van der Waals surface area contributed by atoms with E-state index in [2.05, 4.69) is 11.1 Å². The number of anilines is 1. The fourth-order valence-electron chi connectivity index (χ4n) is 2.33. The van der Waals surface area contributed by atoms with Crippen molar-refractivity contribution in [3.8, 4) is 11.3 Å². The molecule has 2 N–H and O–H groups in total. The molecule has 0 amide bonds. The van der Waals surface area contributed by atoms with Gasteiger partial charge in [-0.1, -0.05) is 23.8 Å². The van der Waals surface area contributed by atoms with Crippen LogP contribution in [0.2, 0.25) is 0 Å². The molecule has 3 rings (SSSR count). The highest BCUT2D eigenvalue weighted by Gasteiger charge is 2.15. The number of aromatic nitrogens is 2. The molecule has 0 saturated heterocycles. The molecule has 3 aromatic rings. The Kier molecular flexibility index (Phi) is 2.52. The van der Waals surface area contributed by atoms with E-state index in [0.717, 1.165) is 11.1 Å². The minimum Gasteiger partial charge on any atom is -0.383 e. The van der Waals surface area contributed by atoms with Crippen LogP contribution in [0.5, 0.6) is 0 Å². The molecule has 0 aliphatic rings. The number of hydrogen-bond donors (Lipinski definition) is 1. The van der Waals surface area contributed by atoms with E-state index >= 15 is 0 Å². The van der Waals surface area contributed by atoms with E-state index in [1.165, 1.54) is 11.6 Å². The second-order valence-electron chi connectivity index (χ2n) is 4.71. The van der Waals surface area contributed by atoms with Crippen LogP contribution < -0.4 is 5.73 Å². The van der Waals surface area contributed by atoms with Crippen molar-refractivity contribution in [2.45, 2.75) is 13.8 Å². The molecule has 0 fully saturated rings. The van der Waals surface area contributed by atoms with Crippen molar-refractivity contribution in [2.75, 3.05) is 5.73 Å². The zero-order valence-corrected chi connectivity index (χ0v) is 10.8. The number of fused-ring (bicyclic) bond motifs is 1. The fraction of sp³-hybridized carbons (Fsp3) is 0.133. The average molecular weight is 255 g/mol. The Morgan fingerprint density at radius 2 is 2.00 bits per heavy atom. The Morgan fingerprint density at radius 1 is 1.21 bits per heavy atom. The minimum atomic E-state index is -0.370. The number of hydrogen-bond acceptors (Lipinski definition) is 2. The van der Waals surface area contributed by atoms with Gasteiger partial charge < -0.3 is 5.73 Å². The van der Waals surface area contributed by atoms with E-state index in [1.54, 1.807) is 16.7 Å². The van der Waals surface area contributed by atoms with Crippen LogP contribution in [0.4, 0.5) is 10.2 Å². The summed E-state index contributed by atoms with van der Waals surface area (Å²) in [6.45, 7) is 4.03. The average Bonchev–Trinajstić information content (AvgIpc) is 2.69. The lowest BCUT2D eigenvalue weighted by Gasteiger charge is -2.05. The zero-order chi connectivity index (χ0) is 13.6. The van der Waals surface area contributed by atoms with Crippen molar-refractivity contribution in [1.82, 2.24) is 9.38 Å². The highest BCUT2D eigenvalue weighted by molar-refractivity contribution is 5.77. The molecule has 3 nitrogen and oxygen atoms in total. The third-order valence-corrected chi connectivity index (χ3v) is 3.28. The first-order chi connectivity index (χ1) is 9.08. The summed E-state index contributed by atoms with van der Waals surface area (Å²) in [5.41, 5.74) is 10.2. The van der Waals surface area contributed by atoms with Gasteiger partial charge in [0.25, 0.3) is 0 Å². The van der Waals surface area contributed by atoms with E-state index < -0.39 is 0 Å². The normalized spacial score (nSPS) is 11.1. The third-order valence-electron chi connectivity index (χ3n) is 3.28. The molecule has 0 saturated carbocycles. The largest absolute Gasteiger partial charge is 0.383 e. The molecule has 0 bridgehead atoms. The van der Waals surface area contributed by atoms with Crippen LogP contribution >= 0.6 is 0 Å². The maximum absolute atomic E-state index is 13.7. The molecule has 0 unspecified atom stereocenters. The van der Waals surface area contributed by atoms with Gasteiger partial charge in [0.15, 0.2) is 11.5 Å². The Morgan fingerprint density at radius 3 is 2.68 bits per heavy atom. The lowest BCUT2D eigenvalue weighted by atomic mass is 10.0. The van der Waals surface area contributed by atoms with Crippen molar-refractivity contribution >= 4 is 11.5 Å². The van der Waals surface area contributed by atoms with Gasteiger partial charge >= 0.3 is 0 Å². The van der Waals surface area contributed by atoms with Crippen LogP contribution in [0.3, 0.4) is 0 Å². The van der Waals surface area contributed by atoms with Gasteiger partial charge in [0.1, 0.15) is 11.5 Å². The summed E-state index contributed by atoms with van der Waals surface area (Å²) in [6, 6.07) is 9.04. The number of imidazole rings is 1. The Balaban J connectivity index is 2.31. The number of pyridine rings is 1. The zero-order valence-electron chi connectivity index (χ0n) is 10.8. The molecule has 1 aromatic carbocycles. The van der Waals surface area contributed by atoms with E-state index in [4.69, 9.17) is 5.73 Å². The van der Waals surface area contributed by atoms with E-state index in [1.807, 2.05) is 26.0 Å². The summed E-state index contributed by atoms with van der Waals surface area (Å²) in [5, 5.41) is 0. The van der Waals surface area contributed by atoms with E-state index in [9.17, 15) is 4.39 Å². The predicted molar refractivity (Wildman–Crippen MR) is 74.5 cm³/mol. The first kappa shape index (κ1) is 11.7. The van der Waals surface area contributed by atoms with Gasteiger partial charge in [0.2, 0.25) is 0 Å². The van der Waals surface area contributed by atoms with Crippen LogP contribution in [0.1, 0.15) is 11.1 Å². The first-order valence-electron chi connectivity index (χ1n) is 6.07. The second kappa shape index (κ2) is 4.09. The van der Waals surface area contributed by atoms with Gasteiger partial charge in [-0.2, -0.15) is 0 Å². The fourth-order valence-corrected chi connectivity index (χ4v) is 2.33. The maximum atomic E-state index is 13.7. The lowest BCUT2D eigenvalue weighted by molar-refractivity contribution is 0.630. The third kappa shape index (κ3) is 1.76. The van der Waals surface area contributed by atoms with Crippen LogP contribution in [-0.2, 0) is 0 Å². The van der Waals surface area contributed by atoms with Gasteiger partial charge in [0.05, 0.1) is 0 Å². The smallest absolute Gasteiger partial charge is 0.175 e. The molecule has 0 aliphatic heterocycles. The number of benzene rings is 1. The SMILES string of the molecule is Cc1ccc(-c2nc3c(F)cccn3c2N)c(C)c1. The maximum Gasteiger partial charge on any atom is 0.175 e. The minimum absolute atomic E-state index is 0.259. The molecular weight excluding hydrogens is 241 g/mol. The van der Waals surface area contributed by atoms with Crippen molar-refractivity contribution in [2.24, 2.45) is 0 Å². The molecule has 0 spiro atoms. The van der Waals surface area contributed by atoms with Gasteiger partial charge in [-0.05, 0) is 31.5 Å². The Hall–Kier alpha value is -2.36. The van der Waals surface area contributed by atoms with E-state index in [-0.39, 0.29) is 11.5 Å². The standard InChI is InChI=1S/C15H14FN3/c1-9-5-6-11(10(2)8-9)13-14(17)19-7-3-4-12(16)15(19)18-13/h3-8H,17H2,1-2H3. The van der Waals surface area contributed by atoms with Gasteiger partial charge in [0, 0.05) is 11.8 Å². The molecule has 0 atom stereocenters. The molecule has 4 heteroatoms. The van der Waals surface area contributed by atoms with Crippen molar-refractivity contribution in [3.63, 3.8) is 0 Å². The number of halogens is 1. The van der Waals surface area contributed by atoms with Crippen molar-refractivity contribution in [3.05, 3.63) is 53.5 Å². The van der Waals surface area contributed by atoms with Crippen molar-refractivity contribution in [1.29, 1.82) is 0 Å². The van der Waals surface area contributed by atoms with Crippen LogP contribution in [0.25, 0.3) is 16.9 Å². The molecule has 0 aliphatic carbocycles. The van der Waals surface area contributed by atoms with Crippen LogP contribution in [0, 0.1) is 19.7 Å². The summed E-state index contributed by atoms with van der Waals surface area (Å²) in [5.74, 6) is 0.0895. The van der Waals surface area contributed by atoms with Gasteiger partial charge in [-0.3, -0.25) is 4.40 Å². The Labute approximate surface area is 110 Å². The number of rotatable bonds is 1. The number of nitrogens with zero attached hydrogens (tertiary/aromatic N) is 2. The predicted octanol–water partition coefficient (Wildman–Crippen LogP) is 3.34. The van der Waals surface area contributed by atoms with Gasteiger partial charge in [-0.25, -0.2) is 9.37 Å². The number of aryl methyl sites for hydroxylation is 2. The summed E-state index contributed by atoms with van der Waals surface area (Å²) in [6.07, 6.45) is 1.72. The lowest BCUT2D eigenvalue weighted by Crippen LogP contribution is -1.95. The molecule has 19 heavy (non-hydrogen) atoms. The highest BCUT2D eigenvalue weighted by Crippen LogP contribution is 2.30. The topological polar surface area (TPSA) is 43.3 Å². The summed E-state index contributed by atoms with van der Waals surface area (Å²) >= 11 is 0. The molecule has 2 aromatic heterocycles. The number of nitrogens with two attached hydrogens (primary N) is 1. The quantitative estimate of drug-likeness (QED) is 0.724.